The Balaban J connectivity index is 1.61. The number of hydrogen-bond donors (Lipinski definition) is 2. The minimum absolute atomic E-state index is 0.153. The third-order valence-corrected chi connectivity index (χ3v) is 5.74. The van der Waals surface area contributed by atoms with Gasteiger partial charge < -0.3 is 15.5 Å². The quantitative estimate of drug-likeness (QED) is 0.553. The van der Waals surface area contributed by atoms with E-state index in [1.54, 1.807) is 12.1 Å². The van der Waals surface area contributed by atoms with E-state index in [9.17, 15) is 18.8 Å². The number of rotatable bonds is 6. The van der Waals surface area contributed by atoms with Crippen LogP contribution in [0, 0.1) is 5.82 Å². The number of nitrogens with one attached hydrogen (secondary N) is 2. The lowest BCUT2D eigenvalue weighted by molar-refractivity contribution is -0.147. The highest BCUT2D eigenvalue weighted by molar-refractivity contribution is 6.35. The molecular weight excluding hydrogens is 397 g/mol. The molecule has 2 aromatic carbocycles. The van der Waals surface area contributed by atoms with Gasteiger partial charge in [-0.15, -0.1) is 0 Å². The smallest absolute Gasteiger partial charge is 0.311 e. The molecule has 3 amide bonds. The molecule has 0 unspecified atom stereocenters. The number of nitrogens with zero attached hydrogens (tertiary/aromatic N) is 1. The van der Waals surface area contributed by atoms with Crippen molar-refractivity contribution in [2.45, 2.75) is 24.8 Å². The second-order valence-electron chi connectivity index (χ2n) is 7.67. The first-order valence-electron chi connectivity index (χ1n) is 10.2. The van der Waals surface area contributed by atoms with Crippen molar-refractivity contribution in [3.8, 4) is 0 Å². The number of carbonyl (C=O) groups excluding carboxylic acids is 3. The largest absolute Gasteiger partial charge is 0.352 e. The van der Waals surface area contributed by atoms with Crippen LogP contribution in [0.25, 0.3) is 0 Å². The standard InChI is InChI=1S/C24H26FN3O3/c1-2-21(29)27-17-24(19-6-4-3-5-7-19)12-14-28(15-13-24)23(31)22(30)26-16-18-8-10-20(25)11-9-18/h2-11H,1,12-17H2,(H,26,30)(H,27,29). The van der Waals surface area contributed by atoms with Gasteiger partial charge in [0, 0.05) is 31.6 Å². The first-order chi connectivity index (χ1) is 14.9. The van der Waals surface area contributed by atoms with E-state index >= 15 is 0 Å². The van der Waals surface area contributed by atoms with Gasteiger partial charge in [0.2, 0.25) is 5.91 Å². The van der Waals surface area contributed by atoms with Gasteiger partial charge in [-0.2, -0.15) is 0 Å². The van der Waals surface area contributed by atoms with Crippen molar-refractivity contribution in [3.63, 3.8) is 0 Å². The molecule has 0 atom stereocenters. The Kier molecular flexibility index (Phi) is 7.18. The highest BCUT2D eigenvalue weighted by Crippen LogP contribution is 2.35. The summed E-state index contributed by atoms with van der Waals surface area (Å²) in [4.78, 5) is 38.2. The molecular formula is C24H26FN3O3. The van der Waals surface area contributed by atoms with Crippen molar-refractivity contribution in [2.75, 3.05) is 19.6 Å². The maximum Gasteiger partial charge on any atom is 0.311 e. The Hall–Kier alpha value is -3.48. The van der Waals surface area contributed by atoms with E-state index in [2.05, 4.69) is 17.2 Å². The van der Waals surface area contributed by atoms with Crippen molar-refractivity contribution >= 4 is 17.7 Å². The van der Waals surface area contributed by atoms with E-state index < -0.39 is 11.8 Å². The molecule has 6 nitrogen and oxygen atoms in total. The molecule has 7 heteroatoms. The average molecular weight is 423 g/mol. The van der Waals surface area contributed by atoms with Crippen LogP contribution in [-0.4, -0.2) is 42.3 Å². The van der Waals surface area contributed by atoms with Crippen molar-refractivity contribution in [1.29, 1.82) is 0 Å². The Labute approximate surface area is 181 Å². The summed E-state index contributed by atoms with van der Waals surface area (Å²) in [5.41, 5.74) is 1.48. The summed E-state index contributed by atoms with van der Waals surface area (Å²) in [5.74, 6) is -1.87. The van der Waals surface area contributed by atoms with Gasteiger partial charge in [-0.05, 0) is 42.2 Å². The topological polar surface area (TPSA) is 78.5 Å². The molecule has 2 N–H and O–H groups in total. The second-order valence-corrected chi connectivity index (χ2v) is 7.67. The molecule has 0 bridgehead atoms. The predicted molar refractivity (Wildman–Crippen MR) is 115 cm³/mol. The summed E-state index contributed by atoms with van der Waals surface area (Å²) in [5, 5.41) is 5.48. The number of amides is 3. The van der Waals surface area contributed by atoms with Crippen LogP contribution in [0.2, 0.25) is 0 Å². The number of benzene rings is 2. The van der Waals surface area contributed by atoms with E-state index in [0.717, 1.165) is 5.56 Å². The van der Waals surface area contributed by atoms with Crippen LogP contribution in [0.3, 0.4) is 0 Å². The highest BCUT2D eigenvalue weighted by Gasteiger charge is 2.38. The van der Waals surface area contributed by atoms with Gasteiger partial charge in [-0.1, -0.05) is 49.0 Å². The van der Waals surface area contributed by atoms with E-state index in [1.165, 1.54) is 23.1 Å². The Morgan fingerprint density at radius 2 is 1.65 bits per heavy atom. The maximum atomic E-state index is 13.0. The molecule has 162 valence electrons. The first kappa shape index (κ1) is 22.2. The maximum absolute atomic E-state index is 13.0. The molecule has 31 heavy (non-hydrogen) atoms. The lowest BCUT2D eigenvalue weighted by Gasteiger charge is -2.42. The predicted octanol–water partition coefficient (Wildman–Crippen LogP) is 2.30. The summed E-state index contributed by atoms with van der Waals surface area (Å²) < 4.78 is 13.0. The lowest BCUT2D eigenvalue weighted by atomic mass is 9.72. The van der Waals surface area contributed by atoms with Gasteiger partial charge in [-0.3, -0.25) is 14.4 Å². The fraction of sp³-hybridized carbons (Fsp3) is 0.292. The molecule has 1 fully saturated rings. The zero-order valence-electron chi connectivity index (χ0n) is 17.3. The first-order valence-corrected chi connectivity index (χ1v) is 10.2. The van der Waals surface area contributed by atoms with Crippen molar-refractivity contribution < 1.29 is 18.8 Å². The number of carbonyl (C=O) groups is 3. The van der Waals surface area contributed by atoms with Crippen molar-refractivity contribution in [1.82, 2.24) is 15.5 Å². The molecule has 3 rings (SSSR count). The summed E-state index contributed by atoms with van der Waals surface area (Å²) in [6, 6.07) is 15.6. The van der Waals surface area contributed by atoms with Gasteiger partial charge in [0.25, 0.3) is 0 Å². The summed E-state index contributed by atoms with van der Waals surface area (Å²) >= 11 is 0. The van der Waals surface area contributed by atoms with Crippen LogP contribution >= 0.6 is 0 Å². The molecule has 1 aliphatic heterocycles. The minimum Gasteiger partial charge on any atom is -0.352 e. The minimum atomic E-state index is -0.684. The SMILES string of the molecule is C=CC(=O)NCC1(c2ccccc2)CCN(C(=O)C(=O)NCc2ccc(F)cc2)CC1. The van der Waals surface area contributed by atoms with Crippen LogP contribution in [-0.2, 0) is 26.3 Å². The summed E-state index contributed by atoms with van der Waals surface area (Å²) in [7, 11) is 0. The summed E-state index contributed by atoms with van der Waals surface area (Å²) in [6.45, 7) is 4.88. The fourth-order valence-electron chi connectivity index (χ4n) is 3.83. The molecule has 0 saturated carbocycles. The van der Waals surface area contributed by atoms with Crippen LogP contribution < -0.4 is 10.6 Å². The normalized spacial score (nSPS) is 15.1. The number of likely N-dealkylation sites (tertiary alicyclic amines) is 1. The highest BCUT2D eigenvalue weighted by atomic mass is 19.1. The Morgan fingerprint density at radius 1 is 1.00 bits per heavy atom. The molecule has 0 aliphatic carbocycles. The van der Waals surface area contributed by atoms with Crippen molar-refractivity contribution in [2.24, 2.45) is 0 Å². The number of halogens is 1. The zero-order chi connectivity index (χ0) is 22.3. The third-order valence-electron chi connectivity index (χ3n) is 5.74. The van der Waals surface area contributed by atoms with E-state index in [1.807, 2.05) is 30.3 Å². The molecule has 1 heterocycles. The van der Waals surface area contributed by atoms with E-state index in [0.29, 0.717) is 38.0 Å². The van der Waals surface area contributed by atoms with Crippen LogP contribution in [0.15, 0.2) is 67.3 Å². The van der Waals surface area contributed by atoms with Crippen LogP contribution in [0.1, 0.15) is 24.0 Å². The average Bonchev–Trinajstić information content (AvgIpc) is 2.82. The number of piperidine rings is 1. The molecule has 1 saturated heterocycles. The van der Waals surface area contributed by atoms with E-state index in [4.69, 9.17) is 0 Å². The van der Waals surface area contributed by atoms with Gasteiger partial charge in [0.15, 0.2) is 0 Å². The molecule has 1 aliphatic rings. The fourth-order valence-corrected chi connectivity index (χ4v) is 3.83. The molecule has 0 radical (unpaired) electrons. The van der Waals surface area contributed by atoms with Gasteiger partial charge in [-0.25, -0.2) is 4.39 Å². The Morgan fingerprint density at radius 3 is 2.26 bits per heavy atom. The molecule has 0 aromatic heterocycles. The zero-order valence-corrected chi connectivity index (χ0v) is 17.3. The van der Waals surface area contributed by atoms with Crippen molar-refractivity contribution in [3.05, 3.63) is 84.2 Å². The van der Waals surface area contributed by atoms with Gasteiger partial charge in [0.05, 0.1) is 0 Å². The lowest BCUT2D eigenvalue weighted by Crippen LogP contribution is -2.52. The monoisotopic (exact) mass is 423 g/mol. The number of hydrogen-bond acceptors (Lipinski definition) is 3. The van der Waals surface area contributed by atoms with Crippen LogP contribution in [0.4, 0.5) is 4.39 Å². The third kappa shape index (κ3) is 5.57. The molecule has 2 aromatic rings. The van der Waals surface area contributed by atoms with Gasteiger partial charge >= 0.3 is 11.8 Å². The van der Waals surface area contributed by atoms with Gasteiger partial charge in [0.1, 0.15) is 5.82 Å². The van der Waals surface area contributed by atoms with Crippen LogP contribution in [0.5, 0.6) is 0 Å². The molecule has 0 spiro atoms. The Bertz CT molecular complexity index is 936. The second kappa shape index (κ2) is 10.0. The summed E-state index contributed by atoms with van der Waals surface area (Å²) in [6.07, 6.45) is 2.47. The van der Waals surface area contributed by atoms with E-state index in [-0.39, 0.29) is 23.7 Å².